The highest BCUT2D eigenvalue weighted by atomic mass is 35.5. The molecule has 12 heavy (non-hydrogen) atoms. The third-order valence-electron chi connectivity index (χ3n) is 2.39. The van der Waals surface area contributed by atoms with E-state index in [0.717, 1.165) is 10.5 Å². The molecule has 0 atom stereocenters. The fraction of sp³-hybridized carbons (Fsp3) is 1.00. The van der Waals surface area contributed by atoms with E-state index in [4.69, 9.17) is 11.6 Å². The number of halogens is 1. The van der Waals surface area contributed by atoms with Gasteiger partial charge in [-0.2, -0.15) is 0 Å². The molecule has 2 heteroatoms. The molecule has 0 aliphatic carbocycles. The summed E-state index contributed by atoms with van der Waals surface area (Å²) in [6.07, 6.45) is 5.15. The Balaban J connectivity index is 3.70. The Bertz CT molecular complexity index is 96.0. The van der Waals surface area contributed by atoms with Gasteiger partial charge >= 0.3 is 0 Å². The summed E-state index contributed by atoms with van der Waals surface area (Å²) in [5.74, 6) is 0. The molecule has 74 valence electrons. The number of rotatable bonds is 7. The van der Waals surface area contributed by atoms with E-state index in [9.17, 15) is 0 Å². The summed E-state index contributed by atoms with van der Waals surface area (Å²) in [5.41, 5.74) is 0. The topological polar surface area (TPSA) is 0 Å². The average molecular weight is 193 g/mol. The monoisotopic (exact) mass is 192 g/mol. The molecular formula is C10H23ClN+. The van der Waals surface area contributed by atoms with Crippen molar-refractivity contribution in [2.75, 3.05) is 26.1 Å². The zero-order chi connectivity index (χ0) is 9.45. The fourth-order valence-electron chi connectivity index (χ4n) is 1.31. The minimum atomic E-state index is 0.764. The van der Waals surface area contributed by atoms with Crippen molar-refractivity contribution in [1.82, 2.24) is 0 Å². The van der Waals surface area contributed by atoms with Crippen LogP contribution in [-0.2, 0) is 0 Å². The average Bonchev–Trinajstić information content (AvgIpc) is 2.11. The lowest BCUT2D eigenvalue weighted by molar-refractivity contribution is -0.899. The van der Waals surface area contributed by atoms with E-state index in [2.05, 4.69) is 20.9 Å². The summed E-state index contributed by atoms with van der Waals surface area (Å²) < 4.78 is 1.04. The van der Waals surface area contributed by atoms with Crippen molar-refractivity contribution in [3.63, 3.8) is 0 Å². The summed E-state index contributed by atoms with van der Waals surface area (Å²) in [7, 11) is 2.26. The molecule has 0 aromatic carbocycles. The van der Waals surface area contributed by atoms with Crippen LogP contribution >= 0.6 is 11.6 Å². The Kier molecular flexibility index (Phi) is 6.87. The van der Waals surface area contributed by atoms with Gasteiger partial charge in [0.1, 0.15) is 0 Å². The number of alkyl halides is 1. The quantitative estimate of drug-likeness (QED) is 0.330. The van der Waals surface area contributed by atoms with E-state index in [1.54, 1.807) is 0 Å². The van der Waals surface area contributed by atoms with Crippen molar-refractivity contribution >= 4 is 11.6 Å². The normalized spacial score (nSPS) is 12.0. The Morgan fingerprint density at radius 3 is 1.67 bits per heavy atom. The molecule has 0 heterocycles. The molecule has 0 amide bonds. The van der Waals surface area contributed by atoms with E-state index in [0.29, 0.717) is 0 Å². The second-order valence-corrected chi connectivity index (χ2v) is 4.13. The molecule has 0 saturated heterocycles. The van der Waals surface area contributed by atoms with Crippen LogP contribution in [0.15, 0.2) is 0 Å². The van der Waals surface area contributed by atoms with Gasteiger partial charge in [-0.3, -0.25) is 0 Å². The standard InChI is InChI=1S/C10H23ClN/c1-4-6-8-12(3,10-11)9-7-5-2/h4-10H2,1-3H3/q+1. The van der Waals surface area contributed by atoms with Crippen molar-refractivity contribution < 1.29 is 4.48 Å². The van der Waals surface area contributed by atoms with Crippen LogP contribution in [-0.4, -0.2) is 30.6 Å². The van der Waals surface area contributed by atoms with E-state index in [1.807, 2.05) is 0 Å². The van der Waals surface area contributed by atoms with Crippen LogP contribution in [0.5, 0.6) is 0 Å². The van der Waals surface area contributed by atoms with Gasteiger partial charge < -0.3 is 4.48 Å². The molecule has 0 spiro atoms. The maximum Gasteiger partial charge on any atom is 0.154 e. The SMILES string of the molecule is CCCC[N+](C)(CCl)CCCC. The van der Waals surface area contributed by atoms with Crippen molar-refractivity contribution in [3.05, 3.63) is 0 Å². The first kappa shape index (κ1) is 12.2. The lowest BCUT2D eigenvalue weighted by Crippen LogP contribution is -2.44. The Hall–Kier alpha value is 0.250. The third kappa shape index (κ3) is 5.00. The minimum Gasteiger partial charge on any atom is -0.313 e. The molecule has 0 N–H and O–H groups in total. The smallest absolute Gasteiger partial charge is 0.154 e. The molecule has 0 aliphatic heterocycles. The molecule has 0 aromatic rings. The highest BCUT2D eigenvalue weighted by Gasteiger charge is 2.17. The third-order valence-corrected chi connectivity index (χ3v) is 2.97. The summed E-state index contributed by atoms with van der Waals surface area (Å²) >= 11 is 5.95. The van der Waals surface area contributed by atoms with Gasteiger partial charge in [0, 0.05) is 0 Å². The number of unbranched alkanes of at least 4 members (excludes halogenated alkanes) is 2. The number of nitrogens with zero attached hydrogens (tertiary/aromatic N) is 1. The maximum atomic E-state index is 5.95. The molecule has 0 bridgehead atoms. The van der Waals surface area contributed by atoms with E-state index in [1.165, 1.54) is 38.8 Å². The number of quaternary nitrogens is 1. The van der Waals surface area contributed by atoms with Gasteiger partial charge in [0.05, 0.1) is 20.1 Å². The Morgan fingerprint density at radius 2 is 1.42 bits per heavy atom. The molecule has 0 radical (unpaired) electrons. The maximum absolute atomic E-state index is 5.95. The Labute approximate surface area is 82.3 Å². The molecule has 0 rings (SSSR count). The lowest BCUT2D eigenvalue weighted by atomic mass is 10.2. The molecule has 0 aromatic heterocycles. The van der Waals surface area contributed by atoms with Gasteiger partial charge in [0.25, 0.3) is 0 Å². The zero-order valence-corrected chi connectivity index (χ0v) is 9.53. The van der Waals surface area contributed by atoms with E-state index >= 15 is 0 Å². The summed E-state index contributed by atoms with van der Waals surface area (Å²) in [5, 5.41) is 0. The van der Waals surface area contributed by atoms with Crippen LogP contribution in [0.1, 0.15) is 39.5 Å². The highest BCUT2D eigenvalue weighted by Crippen LogP contribution is 2.09. The largest absolute Gasteiger partial charge is 0.313 e. The van der Waals surface area contributed by atoms with Gasteiger partial charge in [0.2, 0.25) is 0 Å². The van der Waals surface area contributed by atoms with Gasteiger partial charge in [-0.25, -0.2) is 0 Å². The van der Waals surface area contributed by atoms with E-state index < -0.39 is 0 Å². The van der Waals surface area contributed by atoms with Crippen molar-refractivity contribution in [3.8, 4) is 0 Å². The van der Waals surface area contributed by atoms with Crippen LogP contribution in [0, 0.1) is 0 Å². The second-order valence-electron chi connectivity index (χ2n) is 3.89. The molecule has 0 fully saturated rings. The molecule has 1 nitrogen and oxygen atoms in total. The lowest BCUT2D eigenvalue weighted by Gasteiger charge is -2.32. The fourth-order valence-corrected chi connectivity index (χ4v) is 1.55. The predicted octanol–water partition coefficient (Wildman–Crippen LogP) is 3.23. The molecule has 0 aliphatic rings. The first-order valence-corrected chi connectivity index (χ1v) is 5.61. The van der Waals surface area contributed by atoms with Gasteiger partial charge in [0.15, 0.2) is 6.00 Å². The number of hydrogen-bond donors (Lipinski definition) is 0. The van der Waals surface area contributed by atoms with Crippen LogP contribution in [0.3, 0.4) is 0 Å². The van der Waals surface area contributed by atoms with E-state index in [-0.39, 0.29) is 0 Å². The molecule has 0 unspecified atom stereocenters. The highest BCUT2D eigenvalue weighted by molar-refractivity contribution is 6.16. The molecule has 0 saturated carbocycles. The van der Waals surface area contributed by atoms with Crippen molar-refractivity contribution in [2.45, 2.75) is 39.5 Å². The van der Waals surface area contributed by atoms with Crippen LogP contribution in [0.2, 0.25) is 0 Å². The summed E-state index contributed by atoms with van der Waals surface area (Å²) in [6.45, 7) is 6.94. The van der Waals surface area contributed by atoms with Gasteiger partial charge in [-0.05, 0) is 12.8 Å². The summed E-state index contributed by atoms with van der Waals surface area (Å²) in [4.78, 5) is 0. The van der Waals surface area contributed by atoms with Gasteiger partial charge in [-0.15, -0.1) is 0 Å². The van der Waals surface area contributed by atoms with Gasteiger partial charge in [-0.1, -0.05) is 38.3 Å². The zero-order valence-electron chi connectivity index (χ0n) is 8.77. The van der Waals surface area contributed by atoms with Crippen LogP contribution < -0.4 is 0 Å². The first-order chi connectivity index (χ1) is 5.68. The van der Waals surface area contributed by atoms with Crippen molar-refractivity contribution in [2.24, 2.45) is 0 Å². The first-order valence-electron chi connectivity index (χ1n) is 5.08. The minimum absolute atomic E-state index is 0.764. The van der Waals surface area contributed by atoms with Crippen molar-refractivity contribution in [1.29, 1.82) is 0 Å². The van der Waals surface area contributed by atoms with Crippen LogP contribution in [0.25, 0.3) is 0 Å². The Morgan fingerprint density at radius 1 is 1.00 bits per heavy atom. The summed E-state index contributed by atoms with van der Waals surface area (Å²) in [6, 6.07) is 0.764. The van der Waals surface area contributed by atoms with Crippen LogP contribution in [0.4, 0.5) is 0 Å². The molecular weight excluding hydrogens is 170 g/mol. The predicted molar refractivity (Wildman–Crippen MR) is 56.5 cm³/mol. The second kappa shape index (κ2) is 6.73. The number of hydrogen-bond acceptors (Lipinski definition) is 0.